The molecule has 4 bridgehead atoms. The quantitative estimate of drug-likeness (QED) is 0.655. The van der Waals surface area contributed by atoms with Crippen molar-refractivity contribution in [1.29, 1.82) is 0 Å². The molecule has 0 aliphatic heterocycles. The van der Waals surface area contributed by atoms with Crippen LogP contribution >= 0.6 is 0 Å². The summed E-state index contributed by atoms with van der Waals surface area (Å²) in [6, 6.07) is 0. The summed E-state index contributed by atoms with van der Waals surface area (Å²) >= 11 is 0. The third-order valence-corrected chi connectivity index (χ3v) is 6.46. The molecule has 2 unspecified atom stereocenters. The Morgan fingerprint density at radius 3 is 2.10 bits per heavy atom. The second-order valence-electron chi connectivity index (χ2n) is 9.33. The fourth-order valence-corrected chi connectivity index (χ4v) is 6.77. The number of aliphatic hydroxyl groups excluding tert-OH is 1. The second-order valence-corrected chi connectivity index (χ2v) is 9.33. The van der Waals surface area contributed by atoms with Gasteiger partial charge in [0.05, 0.1) is 0 Å². The number of aliphatic hydroxyl groups is 1. The highest BCUT2D eigenvalue weighted by molar-refractivity contribution is 5.14. The van der Waals surface area contributed by atoms with E-state index in [1.807, 2.05) is 0 Å². The van der Waals surface area contributed by atoms with E-state index in [0.29, 0.717) is 23.0 Å². The first kappa shape index (κ1) is 15.8. The molecular formula is C19H35NO. The van der Waals surface area contributed by atoms with Gasteiger partial charge in [0.2, 0.25) is 0 Å². The van der Waals surface area contributed by atoms with E-state index in [1.54, 1.807) is 0 Å². The van der Waals surface area contributed by atoms with Gasteiger partial charge in [0.25, 0.3) is 0 Å². The first-order valence-corrected chi connectivity index (χ1v) is 9.33. The fourth-order valence-electron chi connectivity index (χ4n) is 6.77. The topological polar surface area (TPSA) is 32.3 Å². The lowest BCUT2D eigenvalue weighted by molar-refractivity contribution is -0.117. The van der Waals surface area contributed by atoms with Gasteiger partial charge in [0.15, 0.2) is 0 Å². The van der Waals surface area contributed by atoms with Crippen LogP contribution in [0.1, 0.15) is 84.5 Å². The first-order valence-electron chi connectivity index (χ1n) is 9.33. The average molecular weight is 293 g/mol. The van der Waals surface area contributed by atoms with Crippen LogP contribution in [0.15, 0.2) is 0 Å². The van der Waals surface area contributed by atoms with Crippen molar-refractivity contribution >= 4 is 0 Å². The zero-order chi connectivity index (χ0) is 15.0. The minimum atomic E-state index is 0.361. The zero-order valence-corrected chi connectivity index (χ0v) is 14.2. The lowest BCUT2D eigenvalue weighted by Gasteiger charge is -2.65. The third-order valence-electron chi connectivity index (χ3n) is 6.46. The maximum atomic E-state index is 8.80. The molecular weight excluding hydrogens is 258 g/mol. The summed E-state index contributed by atoms with van der Waals surface area (Å²) in [6.07, 6.45) is 14.9. The molecule has 4 saturated carbocycles. The number of nitrogens with one attached hydrogen (secondary N) is 1. The molecule has 0 heterocycles. The van der Waals surface area contributed by atoms with Crippen molar-refractivity contribution in [2.75, 3.05) is 13.2 Å². The average Bonchev–Trinajstić information content (AvgIpc) is 2.33. The Kier molecular flexibility index (Phi) is 4.40. The van der Waals surface area contributed by atoms with Crippen LogP contribution in [0.5, 0.6) is 0 Å². The summed E-state index contributed by atoms with van der Waals surface area (Å²) in [5, 5.41) is 12.8. The molecule has 4 atom stereocenters. The van der Waals surface area contributed by atoms with Gasteiger partial charge in [-0.2, -0.15) is 0 Å². The molecule has 0 aromatic rings. The van der Waals surface area contributed by atoms with E-state index < -0.39 is 0 Å². The molecule has 4 aliphatic rings. The Hall–Kier alpha value is -0.0800. The van der Waals surface area contributed by atoms with Crippen LogP contribution < -0.4 is 5.32 Å². The van der Waals surface area contributed by atoms with Crippen LogP contribution in [0, 0.1) is 16.7 Å². The van der Waals surface area contributed by atoms with E-state index >= 15 is 0 Å². The van der Waals surface area contributed by atoms with Gasteiger partial charge in [0, 0.05) is 12.1 Å². The van der Waals surface area contributed by atoms with Gasteiger partial charge < -0.3 is 10.4 Å². The van der Waals surface area contributed by atoms with Crippen LogP contribution in [-0.2, 0) is 0 Å². The minimum Gasteiger partial charge on any atom is -0.396 e. The maximum absolute atomic E-state index is 8.80. The van der Waals surface area contributed by atoms with Gasteiger partial charge >= 0.3 is 0 Å². The van der Waals surface area contributed by atoms with E-state index in [0.717, 1.165) is 12.3 Å². The van der Waals surface area contributed by atoms with E-state index in [-0.39, 0.29) is 0 Å². The Bertz CT molecular complexity index is 349. The molecule has 4 rings (SSSR count). The van der Waals surface area contributed by atoms with Gasteiger partial charge in [0.1, 0.15) is 0 Å². The monoisotopic (exact) mass is 293 g/mol. The summed E-state index contributed by atoms with van der Waals surface area (Å²) in [4.78, 5) is 0. The summed E-state index contributed by atoms with van der Waals surface area (Å²) < 4.78 is 0. The van der Waals surface area contributed by atoms with Crippen molar-refractivity contribution < 1.29 is 5.11 Å². The molecule has 4 aliphatic carbocycles. The van der Waals surface area contributed by atoms with E-state index in [9.17, 15) is 0 Å². The van der Waals surface area contributed by atoms with Gasteiger partial charge in [-0.05, 0) is 74.7 Å². The first-order chi connectivity index (χ1) is 9.97. The number of hydrogen-bond acceptors (Lipinski definition) is 2. The highest BCUT2D eigenvalue weighted by Crippen LogP contribution is 2.66. The molecule has 4 fully saturated rings. The molecule has 2 N–H and O–H groups in total. The third kappa shape index (κ3) is 3.47. The second kappa shape index (κ2) is 5.85. The smallest absolute Gasteiger partial charge is 0.0431 e. The number of hydrogen-bond donors (Lipinski definition) is 2. The summed E-state index contributed by atoms with van der Waals surface area (Å²) in [7, 11) is 0. The molecule has 0 saturated heterocycles. The number of rotatable bonds is 8. The highest BCUT2D eigenvalue weighted by Gasteiger charge is 2.59. The van der Waals surface area contributed by atoms with Crippen molar-refractivity contribution in [1.82, 2.24) is 5.32 Å². The molecule has 21 heavy (non-hydrogen) atoms. The molecule has 0 spiro atoms. The van der Waals surface area contributed by atoms with E-state index in [1.165, 1.54) is 70.8 Å². The summed E-state index contributed by atoms with van der Waals surface area (Å²) in [5.41, 5.74) is 1.73. The van der Waals surface area contributed by atoms with Crippen LogP contribution in [-0.4, -0.2) is 23.8 Å². The molecule has 0 aromatic carbocycles. The molecule has 0 radical (unpaired) electrons. The van der Waals surface area contributed by atoms with Gasteiger partial charge in [-0.25, -0.2) is 0 Å². The molecule has 2 nitrogen and oxygen atoms in total. The standard InChI is InChI=1S/C19H35NO/c1-17-10-16-11-18(2,13-17)15-19(12-16,14-17)20-8-6-4-3-5-7-9-21/h16,20-21H,3-15H2,1-2H3/t16?,17-,18+,19?. The fraction of sp³-hybridized carbons (Fsp3) is 1.00. The largest absolute Gasteiger partial charge is 0.396 e. The Morgan fingerprint density at radius 1 is 0.857 bits per heavy atom. The lowest BCUT2D eigenvalue weighted by Crippen LogP contribution is -2.64. The van der Waals surface area contributed by atoms with Crippen molar-refractivity contribution in [3.63, 3.8) is 0 Å². The van der Waals surface area contributed by atoms with Crippen LogP contribution in [0.2, 0.25) is 0 Å². The predicted octanol–water partition coefficient (Wildman–Crippen LogP) is 4.27. The normalized spacial score (nSPS) is 44.4. The molecule has 2 heteroatoms. The maximum Gasteiger partial charge on any atom is 0.0431 e. The van der Waals surface area contributed by atoms with Crippen molar-refractivity contribution in [2.45, 2.75) is 90.0 Å². The van der Waals surface area contributed by atoms with Gasteiger partial charge in [-0.3, -0.25) is 0 Å². The van der Waals surface area contributed by atoms with Crippen molar-refractivity contribution in [2.24, 2.45) is 16.7 Å². The Balaban J connectivity index is 1.47. The predicted molar refractivity (Wildman–Crippen MR) is 88.3 cm³/mol. The molecule has 122 valence electrons. The summed E-state index contributed by atoms with van der Waals surface area (Å²) in [6.45, 7) is 6.68. The van der Waals surface area contributed by atoms with E-state index in [4.69, 9.17) is 5.11 Å². The summed E-state index contributed by atoms with van der Waals surface area (Å²) in [5.74, 6) is 0.994. The zero-order valence-electron chi connectivity index (χ0n) is 14.2. The lowest BCUT2D eigenvalue weighted by atomic mass is 9.43. The van der Waals surface area contributed by atoms with Crippen LogP contribution in [0.4, 0.5) is 0 Å². The van der Waals surface area contributed by atoms with E-state index in [2.05, 4.69) is 19.2 Å². The van der Waals surface area contributed by atoms with Crippen molar-refractivity contribution in [3.05, 3.63) is 0 Å². The van der Waals surface area contributed by atoms with Gasteiger partial charge in [-0.1, -0.05) is 33.1 Å². The minimum absolute atomic E-state index is 0.361. The van der Waals surface area contributed by atoms with Gasteiger partial charge in [-0.15, -0.1) is 0 Å². The molecule has 0 aromatic heterocycles. The van der Waals surface area contributed by atoms with Crippen molar-refractivity contribution in [3.8, 4) is 0 Å². The van der Waals surface area contributed by atoms with Crippen LogP contribution in [0.25, 0.3) is 0 Å². The SMILES string of the molecule is C[C@]12CC3CC(NCCCCCCCO)(C1)C[C@@](C)(C3)C2. The van der Waals surface area contributed by atoms with Crippen LogP contribution in [0.3, 0.4) is 0 Å². The Morgan fingerprint density at radius 2 is 1.48 bits per heavy atom. The molecule has 0 amide bonds. The Labute approximate surface area is 131 Å². The highest BCUT2D eigenvalue weighted by atomic mass is 16.2. The number of unbranched alkanes of at least 4 members (excludes halogenated alkanes) is 4.